The van der Waals surface area contributed by atoms with Crippen molar-refractivity contribution in [1.82, 2.24) is 4.90 Å². The van der Waals surface area contributed by atoms with Gasteiger partial charge in [0.05, 0.1) is 11.5 Å². The molecule has 7 nitrogen and oxygen atoms in total. The number of rotatable bonds is 5. The Balaban J connectivity index is 2.89. The Kier molecular flexibility index (Phi) is 5.13. The topological polar surface area (TPSA) is 89.8 Å². The Morgan fingerprint density at radius 3 is 2.65 bits per heavy atom. The summed E-state index contributed by atoms with van der Waals surface area (Å²) in [6, 6.07) is 2.79. The van der Waals surface area contributed by atoms with Gasteiger partial charge < -0.3 is 9.64 Å². The zero-order valence-electron chi connectivity index (χ0n) is 11.0. The molecule has 20 heavy (non-hydrogen) atoms. The molecule has 1 amide bonds. The highest BCUT2D eigenvalue weighted by Gasteiger charge is 2.20. The highest BCUT2D eigenvalue weighted by atomic mass is 19.1. The molecular weight excluding hydrogens is 271 g/mol. The van der Waals surface area contributed by atoms with Crippen molar-refractivity contribution >= 4 is 17.6 Å². The molecule has 0 bridgehead atoms. The number of nitro benzene ring substituents is 1. The van der Waals surface area contributed by atoms with Gasteiger partial charge in [0.1, 0.15) is 6.54 Å². The first-order chi connectivity index (χ1) is 9.36. The third kappa shape index (κ3) is 3.74. The smallest absolute Gasteiger partial charge is 0.325 e. The van der Waals surface area contributed by atoms with E-state index in [1.54, 1.807) is 6.92 Å². The van der Waals surface area contributed by atoms with Gasteiger partial charge in [-0.2, -0.15) is 4.39 Å². The summed E-state index contributed by atoms with van der Waals surface area (Å²) in [6.45, 7) is 1.52. The maximum atomic E-state index is 13.2. The molecule has 8 heteroatoms. The first-order valence-electron chi connectivity index (χ1n) is 5.71. The van der Waals surface area contributed by atoms with Crippen LogP contribution in [0.5, 0.6) is 0 Å². The van der Waals surface area contributed by atoms with E-state index in [2.05, 4.69) is 4.74 Å². The first-order valence-corrected chi connectivity index (χ1v) is 5.71. The van der Waals surface area contributed by atoms with Gasteiger partial charge in [0.25, 0.3) is 5.91 Å². The molecule has 0 aliphatic heterocycles. The van der Waals surface area contributed by atoms with Crippen molar-refractivity contribution in [1.29, 1.82) is 0 Å². The molecule has 1 aromatic rings. The molecule has 108 valence electrons. The van der Waals surface area contributed by atoms with E-state index in [0.717, 1.165) is 23.1 Å². The molecular formula is C12H13FN2O5. The largest absolute Gasteiger partial charge is 0.465 e. The Hall–Kier alpha value is -2.51. The van der Waals surface area contributed by atoms with Crippen LogP contribution < -0.4 is 0 Å². The number of benzene rings is 1. The number of halogens is 1. The normalized spacial score (nSPS) is 9.95. The van der Waals surface area contributed by atoms with E-state index >= 15 is 0 Å². The molecule has 0 atom stereocenters. The zero-order valence-corrected chi connectivity index (χ0v) is 11.0. The van der Waals surface area contributed by atoms with Crippen molar-refractivity contribution in [2.75, 3.05) is 20.2 Å². The maximum Gasteiger partial charge on any atom is 0.325 e. The number of hydrogen-bond acceptors (Lipinski definition) is 5. The minimum Gasteiger partial charge on any atom is -0.465 e. The summed E-state index contributed by atoms with van der Waals surface area (Å²) in [7, 11) is 1.34. The second-order valence-corrected chi connectivity index (χ2v) is 3.89. The molecule has 0 unspecified atom stereocenters. The average Bonchev–Trinajstić information content (AvgIpc) is 2.38. The molecule has 0 aromatic heterocycles. The molecule has 0 aliphatic carbocycles. The van der Waals surface area contributed by atoms with Crippen LogP contribution in [-0.4, -0.2) is 41.9 Å². The number of carbonyl (C=O) groups is 2. The fraction of sp³-hybridized carbons (Fsp3) is 0.333. The molecule has 0 radical (unpaired) electrons. The molecule has 0 N–H and O–H groups in total. The number of likely N-dealkylation sites (N-methyl/N-ethyl adjacent to an activating group) is 1. The molecule has 0 spiro atoms. The summed E-state index contributed by atoms with van der Waals surface area (Å²) in [5.41, 5.74) is -0.870. The van der Waals surface area contributed by atoms with E-state index in [4.69, 9.17) is 0 Å². The Bertz CT molecular complexity index is 547. The Morgan fingerprint density at radius 1 is 1.45 bits per heavy atom. The van der Waals surface area contributed by atoms with Crippen LogP contribution >= 0.6 is 0 Å². The van der Waals surface area contributed by atoms with Gasteiger partial charge in [0, 0.05) is 18.7 Å². The molecule has 0 saturated carbocycles. The number of ether oxygens (including phenoxy) is 1. The predicted molar refractivity (Wildman–Crippen MR) is 66.6 cm³/mol. The quantitative estimate of drug-likeness (QED) is 0.462. The third-order valence-electron chi connectivity index (χ3n) is 2.41. The van der Waals surface area contributed by atoms with Crippen molar-refractivity contribution in [3.05, 3.63) is 39.7 Å². The molecule has 1 aromatic carbocycles. The standard InChI is InChI=1S/C12H13FN2O5/c1-3-20-11(16)7-14(2)12(17)8-4-5-9(13)10(6-8)15(18)19/h4-6H,3,7H2,1-2H3. The fourth-order valence-corrected chi connectivity index (χ4v) is 1.48. The van der Waals surface area contributed by atoms with E-state index in [1.807, 2.05) is 0 Å². The summed E-state index contributed by atoms with van der Waals surface area (Å²) >= 11 is 0. The fourth-order valence-electron chi connectivity index (χ4n) is 1.48. The maximum absolute atomic E-state index is 13.2. The number of amides is 1. The summed E-state index contributed by atoms with van der Waals surface area (Å²) in [6.07, 6.45) is 0. The third-order valence-corrected chi connectivity index (χ3v) is 2.41. The van der Waals surface area contributed by atoms with E-state index in [-0.39, 0.29) is 18.7 Å². The number of carbonyl (C=O) groups excluding carboxylic acids is 2. The number of hydrogen-bond donors (Lipinski definition) is 0. The molecule has 0 fully saturated rings. The zero-order chi connectivity index (χ0) is 15.3. The Morgan fingerprint density at radius 2 is 2.10 bits per heavy atom. The van der Waals surface area contributed by atoms with Crippen LogP contribution in [0.2, 0.25) is 0 Å². The lowest BCUT2D eigenvalue weighted by Gasteiger charge is -2.15. The van der Waals surface area contributed by atoms with Gasteiger partial charge in [-0.3, -0.25) is 19.7 Å². The van der Waals surface area contributed by atoms with Gasteiger partial charge >= 0.3 is 11.7 Å². The van der Waals surface area contributed by atoms with E-state index in [1.165, 1.54) is 7.05 Å². The molecule has 0 aliphatic rings. The van der Waals surface area contributed by atoms with Crippen LogP contribution in [0.15, 0.2) is 18.2 Å². The van der Waals surface area contributed by atoms with Gasteiger partial charge in [0.2, 0.25) is 5.82 Å². The Labute approximate surface area is 114 Å². The van der Waals surface area contributed by atoms with Crippen LogP contribution in [-0.2, 0) is 9.53 Å². The van der Waals surface area contributed by atoms with Crippen molar-refractivity contribution in [3.8, 4) is 0 Å². The second kappa shape index (κ2) is 6.60. The minimum absolute atomic E-state index is 0.0788. The van der Waals surface area contributed by atoms with Crippen LogP contribution in [0.1, 0.15) is 17.3 Å². The summed E-state index contributed by atoms with van der Waals surface area (Å²) in [4.78, 5) is 33.9. The van der Waals surface area contributed by atoms with Crippen molar-refractivity contribution in [3.63, 3.8) is 0 Å². The number of esters is 1. The number of nitrogens with zero attached hydrogens (tertiary/aromatic N) is 2. The summed E-state index contributed by atoms with van der Waals surface area (Å²) < 4.78 is 17.8. The van der Waals surface area contributed by atoms with E-state index in [0.29, 0.717) is 0 Å². The minimum atomic E-state index is -1.03. The molecule has 1 rings (SSSR count). The van der Waals surface area contributed by atoms with Crippen LogP contribution in [0, 0.1) is 15.9 Å². The summed E-state index contributed by atoms with van der Waals surface area (Å²) in [5.74, 6) is -2.26. The lowest BCUT2D eigenvalue weighted by atomic mass is 10.1. The highest BCUT2D eigenvalue weighted by Crippen LogP contribution is 2.19. The first kappa shape index (κ1) is 15.5. The van der Waals surface area contributed by atoms with Gasteiger partial charge in [-0.05, 0) is 19.1 Å². The SMILES string of the molecule is CCOC(=O)CN(C)C(=O)c1ccc(F)c([N+](=O)[O-])c1. The summed E-state index contributed by atoms with van der Waals surface area (Å²) in [5, 5.41) is 10.6. The monoisotopic (exact) mass is 284 g/mol. The predicted octanol–water partition coefficient (Wildman–Crippen LogP) is 1.37. The van der Waals surface area contributed by atoms with Crippen LogP contribution in [0.3, 0.4) is 0 Å². The van der Waals surface area contributed by atoms with Gasteiger partial charge in [0.15, 0.2) is 0 Å². The lowest BCUT2D eigenvalue weighted by Crippen LogP contribution is -2.33. The van der Waals surface area contributed by atoms with Crippen LogP contribution in [0.25, 0.3) is 0 Å². The molecule has 0 saturated heterocycles. The lowest BCUT2D eigenvalue weighted by molar-refractivity contribution is -0.387. The van der Waals surface area contributed by atoms with Crippen LogP contribution in [0.4, 0.5) is 10.1 Å². The van der Waals surface area contributed by atoms with E-state index < -0.39 is 28.3 Å². The highest BCUT2D eigenvalue weighted by molar-refractivity contribution is 5.96. The van der Waals surface area contributed by atoms with Crippen molar-refractivity contribution in [2.45, 2.75) is 6.92 Å². The van der Waals surface area contributed by atoms with E-state index in [9.17, 15) is 24.1 Å². The van der Waals surface area contributed by atoms with Gasteiger partial charge in [-0.15, -0.1) is 0 Å². The molecule has 0 heterocycles. The second-order valence-electron chi connectivity index (χ2n) is 3.89. The van der Waals surface area contributed by atoms with Gasteiger partial charge in [-0.25, -0.2) is 0 Å². The van der Waals surface area contributed by atoms with Gasteiger partial charge in [-0.1, -0.05) is 0 Å². The van der Waals surface area contributed by atoms with Crippen molar-refractivity contribution < 1.29 is 23.6 Å². The van der Waals surface area contributed by atoms with Crippen molar-refractivity contribution in [2.24, 2.45) is 0 Å². The number of nitro groups is 1. The average molecular weight is 284 g/mol.